The Morgan fingerprint density at radius 2 is 1.57 bits per heavy atom. The van der Waals surface area contributed by atoms with Crippen molar-refractivity contribution >= 4 is 29.8 Å². The number of hydrogen-bond acceptors (Lipinski definition) is 17. The van der Waals surface area contributed by atoms with Gasteiger partial charge in [0.25, 0.3) is 5.97 Å². The molecule has 15 unspecified atom stereocenters. The lowest BCUT2D eigenvalue weighted by Crippen LogP contribution is -2.96. The second kappa shape index (κ2) is 10.7. The van der Waals surface area contributed by atoms with Gasteiger partial charge >= 0.3 is 29.8 Å². The van der Waals surface area contributed by atoms with Crippen LogP contribution in [0, 0.1) is 28.1 Å². The number of carbonyl (C=O) groups is 5. The molecule has 0 radical (unpaired) electrons. The van der Waals surface area contributed by atoms with Gasteiger partial charge < -0.3 is 57.6 Å². The molecule has 15 atom stereocenters. The maximum atomic E-state index is 13.9. The zero-order chi connectivity index (χ0) is 39.6. The number of esters is 5. The minimum atomic E-state index is -2.65. The minimum absolute atomic E-state index is 0.0118. The summed E-state index contributed by atoms with van der Waals surface area (Å²) in [5, 5.41) is 39.2. The highest BCUT2D eigenvalue weighted by Gasteiger charge is 3.05. The Labute approximate surface area is 309 Å². The summed E-state index contributed by atoms with van der Waals surface area (Å²) in [6, 6.07) is 1.53. The van der Waals surface area contributed by atoms with Crippen LogP contribution >= 0.6 is 0 Å². The number of aliphatic hydroxyl groups excluding tert-OH is 1. The van der Waals surface area contributed by atoms with Crippen LogP contribution in [0.4, 0.5) is 0 Å². The molecule has 4 bridgehead atoms. The van der Waals surface area contributed by atoms with Gasteiger partial charge in [-0.15, -0.1) is 0 Å². The Morgan fingerprint density at radius 3 is 2.13 bits per heavy atom. The zero-order valence-corrected chi connectivity index (χ0v) is 31.2. The summed E-state index contributed by atoms with van der Waals surface area (Å²) in [4.78, 5) is 67.1. The maximum absolute atomic E-state index is 13.9. The lowest BCUT2D eigenvalue weighted by Gasteiger charge is -2.77. The van der Waals surface area contributed by atoms with Crippen LogP contribution in [-0.2, 0) is 61.9 Å². The molecule has 0 aromatic carbocycles. The molecule has 6 fully saturated rings. The van der Waals surface area contributed by atoms with Crippen LogP contribution in [0.15, 0.2) is 34.7 Å². The molecule has 54 heavy (non-hydrogen) atoms. The van der Waals surface area contributed by atoms with Crippen molar-refractivity contribution in [2.45, 2.75) is 127 Å². The summed E-state index contributed by atoms with van der Waals surface area (Å²) in [7, 11) is 1.05. The van der Waals surface area contributed by atoms with Gasteiger partial charge in [0.2, 0.25) is 0 Å². The number of cyclic esters (lactones) is 1. The highest BCUT2D eigenvalue weighted by atomic mass is 17.0. The van der Waals surface area contributed by atoms with Crippen LogP contribution in [0.5, 0.6) is 0 Å². The van der Waals surface area contributed by atoms with E-state index in [0.29, 0.717) is 5.56 Å². The Hall–Kier alpha value is -3.87. The molecule has 3 N–H and O–H groups in total. The molecule has 7 aliphatic rings. The minimum Gasteiger partial charge on any atom is -0.472 e. The molecule has 0 amide bonds. The number of rotatable bonds is 7. The molecule has 17 heteroatoms. The SMILES string of the molecule is COC(=O)C(O)C1C2(C)CC3(O)C(O)(C2OC(C)=O)C2OC4(C(C)C)OC25C2=CC(=O)OC(c6ccoc6)C2(C)C(OC(C)=O)C(OC(C)=O)C5(O4)C13C. The third-order valence-corrected chi connectivity index (χ3v) is 13.9. The first kappa shape index (κ1) is 37.1. The molecular formula is C37H44O17. The van der Waals surface area contributed by atoms with E-state index in [2.05, 4.69) is 0 Å². The molecule has 294 valence electrons. The number of ether oxygens (including phenoxy) is 8. The quantitative estimate of drug-likeness (QED) is 0.259. The normalized spacial score (nSPS) is 49.4. The highest BCUT2D eigenvalue weighted by Crippen LogP contribution is 2.88. The second-order valence-corrected chi connectivity index (χ2v) is 16.7. The summed E-state index contributed by atoms with van der Waals surface area (Å²) in [6.45, 7) is 11.2. The van der Waals surface area contributed by atoms with Crippen molar-refractivity contribution in [2.75, 3.05) is 7.11 Å². The summed E-state index contributed by atoms with van der Waals surface area (Å²) in [5.41, 5.74) is -15.2. The van der Waals surface area contributed by atoms with Crippen molar-refractivity contribution in [3.05, 3.63) is 35.8 Å². The largest absolute Gasteiger partial charge is 0.472 e. The van der Waals surface area contributed by atoms with Gasteiger partial charge in [0.05, 0.1) is 25.1 Å². The number of aliphatic hydroxyl groups is 3. The smallest absolute Gasteiger partial charge is 0.335 e. The molecule has 17 nitrogen and oxygen atoms in total. The van der Waals surface area contributed by atoms with E-state index in [1.54, 1.807) is 20.8 Å². The second-order valence-electron chi connectivity index (χ2n) is 16.7. The van der Waals surface area contributed by atoms with Crippen LogP contribution in [0.25, 0.3) is 0 Å². The first-order valence-electron chi connectivity index (χ1n) is 17.8. The fourth-order valence-corrected chi connectivity index (χ4v) is 12.4. The number of fused-ring (bicyclic) bond motifs is 4. The molecule has 1 spiro atoms. The van der Waals surface area contributed by atoms with Crippen LogP contribution in [0.1, 0.15) is 73.5 Å². The average Bonchev–Trinajstić information content (AvgIpc) is 3.87. The molecule has 8 rings (SSSR count). The first-order valence-corrected chi connectivity index (χ1v) is 17.8. The number of carbonyl (C=O) groups excluding carboxylic acids is 5. The summed E-state index contributed by atoms with van der Waals surface area (Å²) in [5.74, 6) is -9.15. The molecule has 4 saturated carbocycles. The monoisotopic (exact) mass is 760 g/mol. The maximum Gasteiger partial charge on any atom is 0.335 e. The van der Waals surface area contributed by atoms with Gasteiger partial charge in [-0.2, -0.15) is 0 Å². The van der Waals surface area contributed by atoms with Crippen LogP contribution < -0.4 is 0 Å². The average molecular weight is 761 g/mol. The van der Waals surface area contributed by atoms with Crippen molar-refractivity contribution in [2.24, 2.45) is 28.1 Å². The standard InChI is InChI=1S/C37H44O17/c1-15(2)37-52-29-34(45)28(50-18(5)40)30(6)14-33(34,44)32(8,23(30)22(42)27(43)46-9)36(54-37)26(49-17(4)39)25(48-16(3)38)31(7)20(35(29,36)53-37)12-21(41)51-24(31)19-10-11-47-13-19/h10-13,15,22-26,28-29,42,44-45H,14H2,1-9H3. The van der Waals surface area contributed by atoms with E-state index in [-0.39, 0.29) is 5.57 Å². The predicted molar refractivity (Wildman–Crippen MR) is 173 cm³/mol. The summed E-state index contributed by atoms with van der Waals surface area (Å²) < 4.78 is 55.7. The highest BCUT2D eigenvalue weighted by molar-refractivity contribution is 5.86. The van der Waals surface area contributed by atoms with E-state index in [0.717, 1.165) is 34.0 Å². The fourth-order valence-electron chi connectivity index (χ4n) is 12.4. The molecule has 2 saturated heterocycles. The van der Waals surface area contributed by atoms with Gasteiger partial charge in [0.15, 0.2) is 35.1 Å². The van der Waals surface area contributed by atoms with E-state index < -0.39 is 129 Å². The van der Waals surface area contributed by atoms with E-state index in [1.807, 2.05) is 0 Å². The summed E-state index contributed by atoms with van der Waals surface area (Å²) >= 11 is 0. The van der Waals surface area contributed by atoms with Crippen molar-refractivity contribution in [1.82, 2.24) is 0 Å². The summed E-state index contributed by atoms with van der Waals surface area (Å²) in [6.07, 6.45) is -7.05. The van der Waals surface area contributed by atoms with E-state index in [9.17, 15) is 39.3 Å². The van der Waals surface area contributed by atoms with Crippen molar-refractivity contribution < 1.29 is 81.6 Å². The Bertz CT molecular complexity index is 1910. The van der Waals surface area contributed by atoms with Gasteiger partial charge in [-0.25, -0.2) is 9.59 Å². The van der Waals surface area contributed by atoms with Crippen LogP contribution in [0.2, 0.25) is 0 Å². The van der Waals surface area contributed by atoms with E-state index in [4.69, 9.17) is 42.3 Å². The molecule has 3 aliphatic heterocycles. The fraction of sp³-hybridized carbons (Fsp3) is 0.703. The van der Waals surface area contributed by atoms with E-state index >= 15 is 0 Å². The van der Waals surface area contributed by atoms with Gasteiger partial charge in [-0.1, -0.05) is 27.7 Å². The third kappa shape index (κ3) is 3.61. The van der Waals surface area contributed by atoms with Crippen molar-refractivity contribution in [1.29, 1.82) is 0 Å². The predicted octanol–water partition coefficient (Wildman–Crippen LogP) is 0.908. The van der Waals surface area contributed by atoms with Crippen molar-refractivity contribution in [3.63, 3.8) is 0 Å². The van der Waals surface area contributed by atoms with Crippen LogP contribution in [0.3, 0.4) is 0 Å². The van der Waals surface area contributed by atoms with E-state index in [1.165, 1.54) is 32.4 Å². The van der Waals surface area contributed by atoms with Crippen molar-refractivity contribution in [3.8, 4) is 0 Å². The Kier molecular flexibility index (Phi) is 7.35. The van der Waals surface area contributed by atoms with Gasteiger partial charge in [-0.05, 0) is 25.0 Å². The molecule has 1 aromatic heterocycles. The molecule has 4 aliphatic carbocycles. The lowest BCUT2D eigenvalue weighted by molar-refractivity contribution is -0.470. The topological polar surface area (TPSA) is 233 Å². The van der Waals surface area contributed by atoms with Gasteiger partial charge in [0, 0.05) is 55.1 Å². The number of furan rings is 1. The third-order valence-electron chi connectivity index (χ3n) is 13.9. The number of methoxy groups -OCH3 is 1. The van der Waals surface area contributed by atoms with Gasteiger partial charge in [-0.3, -0.25) is 14.4 Å². The van der Waals surface area contributed by atoms with Gasteiger partial charge in [0.1, 0.15) is 23.9 Å². The number of hydrogen-bond donors (Lipinski definition) is 3. The Balaban J connectivity index is 1.57. The molecule has 4 heterocycles. The molecule has 1 aromatic rings. The molecular weight excluding hydrogens is 716 g/mol. The first-order chi connectivity index (χ1) is 25.0. The lowest BCUT2D eigenvalue weighted by atomic mass is 9.33. The zero-order valence-electron chi connectivity index (χ0n) is 31.2. The Morgan fingerprint density at radius 1 is 0.944 bits per heavy atom. The van der Waals surface area contributed by atoms with Crippen LogP contribution in [-0.4, -0.2) is 111 Å².